The summed E-state index contributed by atoms with van der Waals surface area (Å²) in [6.45, 7) is 1.79. The van der Waals surface area contributed by atoms with E-state index in [1.165, 1.54) is 11.3 Å². The van der Waals surface area contributed by atoms with Crippen LogP contribution in [0, 0.1) is 0 Å². The highest BCUT2D eigenvalue weighted by Crippen LogP contribution is 2.15. The fourth-order valence-corrected chi connectivity index (χ4v) is 3.03. The molecule has 2 aromatic carbocycles. The fraction of sp³-hybridized carbons (Fsp3) is 0.0500. The first-order valence-corrected chi connectivity index (χ1v) is 9.34. The minimum absolute atomic E-state index is 0.232. The number of rotatable bonds is 5. The van der Waals surface area contributed by atoms with Gasteiger partial charge in [-0.05, 0) is 60.3 Å². The zero-order valence-electron chi connectivity index (χ0n) is 14.4. The number of hydrogen-bond donors (Lipinski definition) is 2. The van der Waals surface area contributed by atoms with E-state index in [2.05, 4.69) is 15.8 Å². The van der Waals surface area contributed by atoms with E-state index in [-0.39, 0.29) is 11.8 Å². The number of nitrogens with zero attached hydrogens (tertiary/aromatic N) is 1. The van der Waals surface area contributed by atoms with Gasteiger partial charge in [0, 0.05) is 16.3 Å². The summed E-state index contributed by atoms with van der Waals surface area (Å²) < 4.78 is 0. The smallest absolute Gasteiger partial charge is 0.281 e. The number of thiophene rings is 1. The Morgan fingerprint density at radius 1 is 0.963 bits per heavy atom. The van der Waals surface area contributed by atoms with Crippen molar-refractivity contribution in [1.82, 2.24) is 5.43 Å². The molecular weight excluding hydrogens is 382 g/mol. The van der Waals surface area contributed by atoms with Crippen LogP contribution in [0.25, 0.3) is 0 Å². The Morgan fingerprint density at radius 3 is 2.44 bits per heavy atom. The number of benzene rings is 2. The van der Waals surface area contributed by atoms with E-state index in [1.54, 1.807) is 49.4 Å². The van der Waals surface area contributed by atoms with Gasteiger partial charge < -0.3 is 5.32 Å². The van der Waals surface area contributed by atoms with E-state index in [1.807, 2.05) is 23.6 Å². The third-order valence-corrected chi connectivity index (χ3v) is 4.84. The summed E-state index contributed by atoms with van der Waals surface area (Å²) >= 11 is 7.19. The number of halogens is 1. The van der Waals surface area contributed by atoms with Gasteiger partial charge in [-0.3, -0.25) is 9.59 Å². The summed E-state index contributed by atoms with van der Waals surface area (Å²) in [4.78, 5) is 24.9. The lowest BCUT2D eigenvalue weighted by Crippen LogP contribution is -2.18. The molecule has 3 rings (SSSR count). The number of carbonyl (C=O) groups excluding carboxylic acids is 2. The second-order valence-corrected chi connectivity index (χ2v) is 7.04. The second-order valence-electron chi connectivity index (χ2n) is 5.66. The van der Waals surface area contributed by atoms with Crippen molar-refractivity contribution in [1.29, 1.82) is 0 Å². The lowest BCUT2D eigenvalue weighted by Gasteiger charge is -2.08. The Morgan fingerprint density at radius 2 is 1.74 bits per heavy atom. The SMILES string of the molecule is C/C(=N/NC(=O)c1cccs1)c1cccc(NC(=O)c2ccc(Cl)cc2)c1. The summed E-state index contributed by atoms with van der Waals surface area (Å²) in [6.07, 6.45) is 0. The summed E-state index contributed by atoms with van der Waals surface area (Å²) in [6, 6.07) is 17.4. The number of anilines is 1. The van der Waals surface area contributed by atoms with E-state index < -0.39 is 0 Å². The molecule has 0 radical (unpaired) electrons. The zero-order chi connectivity index (χ0) is 19.2. The van der Waals surface area contributed by atoms with Gasteiger partial charge in [0.25, 0.3) is 11.8 Å². The van der Waals surface area contributed by atoms with E-state index in [4.69, 9.17) is 11.6 Å². The van der Waals surface area contributed by atoms with Gasteiger partial charge in [-0.2, -0.15) is 5.10 Å². The number of hydrogen-bond acceptors (Lipinski definition) is 4. The van der Waals surface area contributed by atoms with Gasteiger partial charge >= 0.3 is 0 Å². The maximum atomic E-state index is 12.3. The monoisotopic (exact) mass is 397 g/mol. The van der Waals surface area contributed by atoms with Crippen molar-refractivity contribution in [2.75, 3.05) is 5.32 Å². The molecule has 0 aliphatic heterocycles. The first kappa shape index (κ1) is 18.8. The molecule has 2 N–H and O–H groups in total. The third kappa shape index (κ3) is 5.03. The standard InChI is InChI=1S/C20H16ClN3O2S/c1-13(23-24-20(26)18-6-3-11-27-18)15-4-2-5-17(12-15)22-19(25)14-7-9-16(21)10-8-14/h2-12H,1H3,(H,22,25)(H,24,26)/b23-13-. The predicted molar refractivity (Wildman–Crippen MR) is 110 cm³/mol. The van der Waals surface area contributed by atoms with Gasteiger partial charge in [-0.1, -0.05) is 29.8 Å². The van der Waals surface area contributed by atoms with Crippen LogP contribution in [0.3, 0.4) is 0 Å². The highest BCUT2D eigenvalue weighted by molar-refractivity contribution is 7.12. The molecule has 27 heavy (non-hydrogen) atoms. The van der Waals surface area contributed by atoms with Crippen LogP contribution in [0.1, 0.15) is 32.5 Å². The van der Waals surface area contributed by atoms with Gasteiger partial charge in [0.2, 0.25) is 0 Å². The Labute approximate surface area is 165 Å². The molecule has 7 heteroatoms. The lowest BCUT2D eigenvalue weighted by atomic mass is 10.1. The molecule has 136 valence electrons. The molecule has 0 spiro atoms. The average molecular weight is 398 g/mol. The molecule has 1 aromatic heterocycles. The van der Waals surface area contributed by atoms with Crippen LogP contribution in [-0.2, 0) is 0 Å². The minimum Gasteiger partial charge on any atom is -0.322 e. The Bertz CT molecular complexity index is 983. The number of hydrazone groups is 1. The average Bonchev–Trinajstić information content (AvgIpc) is 3.21. The van der Waals surface area contributed by atoms with Crippen LogP contribution < -0.4 is 10.7 Å². The van der Waals surface area contributed by atoms with E-state index >= 15 is 0 Å². The molecule has 0 aliphatic carbocycles. The van der Waals surface area contributed by atoms with Crippen molar-refractivity contribution in [3.8, 4) is 0 Å². The number of nitrogens with one attached hydrogen (secondary N) is 2. The third-order valence-electron chi connectivity index (χ3n) is 3.71. The quantitative estimate of drug-likeness (QED) is 0.479. The van der Waals surface area contributed by atoms with Crippen LogP contribution in [0.15, 0.2) is 71.1 Å². The first-order valence-electron chi connectivity index (χ1n) is 8.08. The van der Waals surface area contributed by atoms with E-state index in [0.29, 0.717) is 26.9 Å². The van der Waals surface area contributed by atoms with E-state index in [9.17, 15) is 9.59 Å². The first-order chi connectivity index (χ1) is 13.0. The summed E-state index contributed by atoms with van der Waals surface area (Å²) in [5.74, 6) is -0.485. The summed E-state index contributed by atoms with van der Waals surface area (Å²) in [5, 5.41) is 9.38. The number of amides is 2. The van der Waals surface area contributed by atoms with Crippen LogP contribution >= 0.6 is 22.9 Å². The summed E-state index contributed by atoms with van der Waals surface area (Å²) in [5.41, 5.74) is 5.09. The van der Waals surface area contributed by atoms with Gasteiger partial charge in [0.15, 0.2) is 0 Å². The molecule has 0 fully saturated rings. The molecule has 0 bridgehead atoms. The maximum absolute atomic E-state index is 12.3. The molecule has 3 aromatic rings. The lowest BCUT2D eigenvalue weighted by molar-refractivity contribution is 0.0958. The van der Waals surface area contributed by atoms with Crippen molar-refractivity contribution < 1.29 is 9.59 Å². The maximum Gasteiger partial charge on any atom is 0.281 e. The molecule has 2 amide bonds. The van der Waals surface area contributed by atoms with Crippen molar-refractivity contribution >= 4 is 46.2 Å². The highest BCUT2D eigenvalue weighted by atomic mass is 35.5. The predicted octanol–water partition coefficient (Wildman–Crippen LogP) is 4.81. The van der Waals surface area contributed by atoms with Crippen molar-refractivity contribution in [2.45, 2.75) is 6.92 Å². The van der Waals surface area contributed by atoms with Gasteiger partial charge in [-0.25, -0.2) is 5.43 Å². The van der Waals surface area contributed by atoms with Crippen molar-refractivity contribution in [3.63, 3.8) is 0 Å². The molecule has 1 heterocycles. The Hall–Kier alpha value is -2.96. The van der Waals surface area contributed by atoms with Crippen LogP contribution in [0.4, 0.5) is 5.69 Å². The molecule has 0 aliphatic rings. The van der Waals surface area contributed by atoms with Gasteiger partial charge in [0.05, 0.1) is 10.6 Å². The zero-order valence-corrected chi connectivity index (χ0v) is 16.0. The fourth-order valence-electron chi connectivity index (χ4n) is 2.29. The van der Waals surface area contributed by atoms with Crippen molar-refractivity contribution in [2.24, 2.45) is 5.10 Å². The number of carbonyl (C=O) groups is 2. The molecular formula is C20H16ClN3O2S. The normalized spacial score (nSPS) is 11.1. The van der Waals surface area contributed by atoms with E-state index in [0.717, 1.165) is 5.56 Å². The molecule has 0 saturated carbocycles. The van der Waals surface area contributed by atoms with Gasteiger partial charge in [-0.15, -0.1) is 11.3 Å². The molecule has 0 unspecified atom stereocenters. The van der Waals surface area contributed by atoms with Crippen LogP contribution in [0.2, 0.25) is 5.02 Å². The Kier molecular flexibility index (Phi) is 6.01. The largest absolute Gasteiger partial charge is 0.322 e. The highest BCUT2D eigenvalue weighted by Gasteiger charge is 2.08. The topological polar surface area (TPSA) is 70.6 Å². The molecule has 0 saturated heterocycles. The molecule has 0 atom stereocenters. The Balaban J connectivity index is 1.69. The van der Waals surface area contributed by atoms with Gasteiger partial charge in [0.1, 0.15) is 0 Å². The van der Waals surface area contributed by atoms with Crippen LogP contribution in [0.5, 0.6) is 0 Å². The second kappa shape index (κ2) is 8.62. The van der Waals surface area contributed by atoms with Crippen LogP contribution in [-0.4, -0.2) is 17.5 Å². The van der Waals surface area contributed by atoms with Crippen molar-refractivity contribution in [3.05, 3.63) is 87.1 Å². The molecule has 5 nitrogen and oxygen atoms in total. The minimum atomic E-state index is -0.253. The summed E-state index contributed by atoms with van der Waals surface area (Å²) in [7, 11) is 0.